The summed E-state index contributed by atoms with van der Waals surface area (Å²) in [6.07, 6.45) is 3.86. The highest BCUT2D eigenvalue weighted by Crippen LogP contribution is 2.29. The number of rotatable bonds is 7. The molecule has 0 aliphatic heterocycles. The van der Waals surface area contributed by atoms with Crippen molar-refractivity contribution in [1.82, 2.24) is 9.99 Å². The van der Waals surface area contributed by atoms with E-state index in [1.807, 2.05) is 41.2 Å². The first-order valence-electron chi connectivity index (χ1n) is 10.7. The molecule has 1 amide bonds. The summed E-state index contributed by atoms with van der Waals surface area (Å²) in [7, 11) is 1.47. The summed E-state index contributed by atoms with van der Waals surface area (Å²) in [6.45, 7) is 1.75. The zero-order valence-electron chi connectivity index (χ0n) is 19.1. The van der Waals surface area contributed by atoms with Crippen molar-refractivity contribution in [3.05, 3.63) is 113 Å². The maximum absolute atomic E-state index is 12.5. The van der Waals surface area contributed by atoms with Gasteiger partial charge in [0.15, 0.2) is 11.5 Å². The lowest BCUT2D eigenvalue weighted by Gasteiger charge is -2.11. The Bertz CT molecular complexity index is 1380. The van der Waals surface area contributed by atoms with Crippen LogP contribution in [0.2, 0.25) is 5.02 Å². The lowest BCUT2D eigenvalue weighted by molar-refractivity contribution is 0.0729. The molecule has 0 saturated carbocycles. The second-order valence-electron chi connectivity index (χ2n) is 7.54. The molecule has 0 spiro atoms. The van der Waals surface area contributed by atoms with Crippen LogP contribution in [0.3, 0.4) is 0 Å². The highest BCUT2D eigenvalue weighted by atomic mass is 35.5. The third kappa shape index (κ3) is 5.77. The number of hydrazone groups is 1. The minimum absolute atomic E-state index is 0.251. The molecule has 3 aromatic carbocycles. The number of aromatic nitrogens is 1. The van der Waals surface area contributed by atoms with Crippen molar-refractivity contribution in [2.24, 2.45) is 5.10 Å². The van der Waals surface area contributed by atoms with Crippen LogP contribution in [0.5, 0.6) is 11.5 Å². The maximum Gasteiger partial charge on any atom is 0.343 e. The van der Waals surface area contributed by atoms with Gasteiger partial charge in [-0.2, -0.15) is 5.10 Å². The van der Waals surface area contributed by atoms with E-state index in [0.717, 1.165) is 5.69 Å². The molecule has 0 aliphatic rings. The van der Waals surface area contributed by atoms with Crippen LogP contribution in [0.25, 0.3) is 5.69 Å². The summed E-state index contributed by atoms with van der Waals surface area (Å²) in [5, 5.41) is 4.64. The zero-order valence-corrected chi connectivity index (χ0v) is 19.8. The molecule has 1 heterocycles. The lowest BCUT2D eigenvalue weighted by atomic mass is 10.1. The van der Waals surface area contributed by atoms with Crippen molar-refractivity contribution in [3.8, 4) is 17.2 Å². The summed E-state index contributed by atoms with van der Waals surface area (Å²) >= 11 is 5.95. The standard InChI is InChI=1S/C27H22ClN3O4/c1-18(29-30-26(32)19-8-11-23(12-9-19)31-14-3-4-15-31)20-10-13-24(25(17-20)34-2)35-27(33)21-6-5-7-22(28)16-21/h3-17H,1-2H3,(H,30,32). The van der Waals surface area contributed by atoms with Crippen molar-refractivity contribution >= 4 is 29.2 Å². The van der Waals surface area contributed by atoms with Crippen LogP contribution in [0, 0.1) is 0 Å². The molecule has 0 radical (unpaired) electrons. The second-order valence-corrected chi connectivity index (χ2v) is 7.98. The van der Waals surface area contributed by atoms with E-state index >= 15 is 0 Å². The average molecular weight is 488 g/mol. The molecule has 0 saturated heterocycles. The van der Waals surface area contributed by atoms with Crippen LogP contribution in [-0.4, -0.2) is 29.3 Å². The number of amides is 1. The smallest absolute Gasteiger partial charge is 0.343 e. The minimum Gasteiger partial charge on any atom is -0.493 e. The monoisotopic (exact) mass is 487 g/mol. The molecular weight excluding hydrogens is 466 g/mol. The number of nitrogens with zero attached hydrogens (tertiary/aromatic N) is 2. The van der Waals surface area contributed by atoms with E-state index in [1.54, 1.807) is 55.5 Å². The average Bonchev–Trinajstić information content (AvgIpc) is 3.42. The Morgan fingerprint density at radius 2 is 1.57 bits per heavy atom. The summed E-state index contributed by atoms with van der Waals surface area (Å²) < 4.78 is 12.8. The van der Waals surface area contributed by atoms with Gasteiger partial charge in [0.1, 0.15) is 0 Å². The fraction of sp³-hybridized carbons (Fsp3) is 0.0741. The molecule has 0 fully saturated rings. The van der Waals surface area contributed by atoms with Crippen molar-refractivity contribution < 1.29 is 19.1 Å². The third-order valence-corrected chi connectivity index (χ3v) is 5.44. The molecule has 4 rings (SSSR count). The summed E-state index contributed by atoms with van der Waals surface area (Å²) in [6, 6.07) is 22.6. The topological polar surface area (TPSA) is 81.9 Å². The van der Waals surface area contributed by atoms with E-state index in [-0.39, 0.29) is 11.7 Å². The van der Waals surface area contributed by atoms with E-state index in [0.29, 0.717) is 33.2 Å². The van der Waals surface area contributed by atoms with Gasteiger partial charge < -0.3 is 14.0 Å². The first kappa shape index (κ1) is 23.8. The molecule has 1 N–H and O–H groups in total. The molecule has 1 aromatic heterocycles. The second kappa shape index (κ2) is 10.7. The number of hydrogen-bond donors (Lipinski definition) is 1. The van der Waals surface area contributed by atoms with E-state index in [2.05, 4.69) is 10.5 Å². The predicted molar refractivity (Wildman–Crippen MR) is 135 cm³/mol. The molecule has 176 valence electrons. The van der Waals surface area contributed by atoms with Gasteiger partial charge in [0.05, 0.1) is 18.4 Å². The summed E-state index contributed by atoms with van der Waals surface area (Å²) in [4.78, 5) is 25.0. The first-order chi connectivity index (χ1) is 16.9. The number of carbonyl (C=O) groups is 2. The van der Waals surface area contributed by atoms with Crippen LogP contribution < -0.4 is 14.9 Å². The minimum atomic E-state index is -0.556. The van der Waals surface area contributed by atoms with Crippen molar-refractivity contribution in [2.45, 2.75) is 6.92 Å². The van der Waals surface area contributed by atoms with Gasteiger partial charge >= 0.3 is 5.97 Å². The Hall–Kier alpha value is -4.36. The normalized spacial score (nSPS) is 11.1. The van der Waals surface area contributed by atoms with Gasteiger partial charge in [-0.3, -0.25) is 4.79 Å². The first-order valence-corrected chi connectivity index (χ1v) is 11.1. The van der Waals surface area contributed by atoms with E-state index in [1.165, 1.54) is 13.2 Å². The van der Waals surface area contributed by atoms with Gasteiger partial charge in [-0.1, -0.05) is 17.7 Å². The molecule has 0 atom stereocenters. The molecule has 35 heavy (non-hydrogen) atoms. The van der Waals surface area contributed by atoms with E-state index in [4.69, 9.17) is 21.1 Å². The Morgan fingerprint density at radius 1 is 0.857 bits per heavy atom. The molecule has 8 heteroatoms. The number of ether oxygens (including phenoxy) is 2. The maximum atomic E-state index is 12.5. The van der Waals surface area contributed by atoms with Gasteiger partial charge in [-0.15, -0.1) is 0 Å². The molecular formula is C27H22ClN3O4. The Labute approximate surface area is 207 Å². The highest BCUT2D eigenvalue weighted by Gasteiger charge is 2.14. The van der Waals surface area contributed by atoms with Crippen molar-refractivity contribution in [3.63, 3.8) is 0 Å². The van der Waals surface area contributed by atoms with Gasteiger partial charge in [0.2, 0.25) is 0 Å². The van der Waals surface area contributed by atoms with Crippen LogP contribution in [0.1, 0.15) is 33.2 Å². The zero-order chi connectivity index (χ0) is 24.8. The largest absolute Gasteiger partial charge is 0.493 e. The molecule has 0 bridgehead atoms. The van der Waals surface area contributed by atoms with Gasteiger partial charge in [-0.25, -0.2) is 10.2 Å². The van der Waals surface area contributed by atoms with E-state index in [9.17, 15) is 9.59 Å². The fourth-order valence-corrected chi connectivity index (χ4v) is 3.50. The SMILES string of the molecule is COc1cc(C(C)=NNC(=O)c2ccc(-n3cccc3)cc2)ccc1OC(=O)c1cccc(Cl)c1. The molecule has 7 nitrogen and oxygen atoms in total. The van der Waals surface area contributed by atoms with Crippen LogP contribution in [-0.2, 0) is 0 Å². The highest BCUT2D eigenvalue weighted by molar-refractivity contribution is 6.30. The number of carbonyl (C=O) groups excluding carboxylic acids is 2. The van der Waals surface area contributed by atoms with Crippen LogP contribution in [0.15, 0.2) is 96.4 Å². The Kier molecular flexibility index (Phi) is 7.28. The van der Waals surface area contributed by atoms with Crippen LogP contribution >= 0.6 is 11.6 Å². The van der Waals surface area contributed by atoms with Crippen LogP contribution in [0.4, 0.5) is 0 Å². The number of hydrogen-bond acceptors (Lipinski definition) is 5. The quantitative estimate of drug-likeness (QED) is 0.161. The Balaban J connectivity index is 1.44. The van der Waals surface area contributed by atoms with Gasteiger partial charge in [-0.05, 0) is 79.7 Å². The number of nitrogens with one attached hydrogen (secondary N) is 1. The molecule has 0 unspecified atom stereocenters. The number of methoxy groups -OCH3 is 1. The number of benzene rings is 3. The van der Waals surface area contributed by atoms with Gasteiger partial charge in [0, 0.05) is 34.2 Å². The molecule has 0 aliphatic carbocycles. The Morgan fingerprint density at radius 3 is 2.26 bits per heavy atom. The summed E-state index contributed by atoms with van der Waals surface area (Å²) in [5.74, 6) is -0.290. The fourth-order valence-electron chi connectivity index (χ4n) is 3.31. The van der Waals surface area contributed by atoms with Gasteiger partial charge in [0.25, 0.3) is 5.91 Å². The predicted octanol–water partition coefficient (Wildman–Crippen LogP) is 5.51. The van der Waals surface area contributed by atoms with E-state index < -0.39 is 5.97 Å². The lowest BCUT2D eigenvalue weighted by Crippen LogP contribution is -2.19. The van der Waals surface area contributed by atoms with Crippen molar-refractivity contribution in [1.29, 1.82) is 0 Å². The number of esters is 1. The summed E-state index contributed by atoms with van der Waals surface area (Å²) in [5.41, 5.74) is 5.57. The third-order valence-electron chi connectivity index (χ3n) is 5.20. The van der Waals surface area contributed by atoms with Crippen molar-refractivity contribution in [2.75, 3.05) is 7.11 Å². The molecule has 4 aromatic rings. The number of halogens is 1.